The van der Waals surface area contributed by atoms with E-state index in [1.54, 1.807) is 6.92 Å². The van der Waals surface area contributed by atoms with Gasteiger partial charge in [0.15, 0.2) is 11.5 Å². The Balaban J connectivity index is 2.27. The molecule has 2 N–H and O–H groups in total. The third-order valence-electron chi connectivity index (χ3n) is 2.42. The summed E-state index contributed by atoms with van der Waals surface area (Å²) in [5.74, 6) is -0.382. The molecule has 0 aliphatic carbocycles. The summed E-state index contributed by atoms with van der Waals surface area (Å²) in [6.07, 6.45) is -3.41. The van der Waals surface area contributed by atoms with Crippen LogP contribution in [0, 0.1) is 6.92 Å². The first-order valence-electron chi connectivity index (χ1n) is 5.60. The van der Waals surface area contributed by atoms with Gasteiger partial charge >= 0.3 is 6.36 Å². The Morgan fingerprint density at radius 1 is 1.15 bits per heavy atom. The van der Waals surface area contributed by atoms with Crippen LogP contribution in [0.2, 0.25) is 0 Å². The monoisotopic (exact) mass is 284 g/mol. The van der Waals surface area contributed by atoms with Gasteiger partial charge in [0.2, 0.25) is 5.88 Å². The van der Waals surface area contributed by atoms with E-state index in [4.69, 9.17) is 10.5 Å². The van der Waals surface area contributed by atoms with Gasteiger partial charge in [-0.25, -0.2) is 4.98 Å². The number of aromatic nitrogens is 1. The highest BCUT2D eigenvalue weighted by Gasteiger charge is 2.32. The number of nitrogens with zero attached hydrogens (tertiary/aromatic N) is 1. The number of hydrogen-bond donors (Lipinski definition) is 1. The Morgan fingerprint density at radius 3 is 2.40 bits per heavy atom. The van der Waals surface area contributed by atoms with Crippen molar-refractivity contribution in [3.05, 3.63) is 42.1 Å². The molecule has 0 fully saturated rings. The van der Waals surface area contributed by atoms with Crippen LogP contribution in [-0.4, -0.2) is 11.3 Å². The molecular formula is C13H11F3N2O2. The van der Waals surface area contributed by atoms with Crippen LogP contribution in [0.1, 0.15) is 5.56 Å². The number of pyridine rings is 1. The molecule has 0 aliphatic rings. The van der Waals surface area contributed by atoms with Crippen molar-refractivity contribution in [1.82, 2.24) is 4.98 Å². The van der Waals surface area contributed by atoms with Gasteiger partial charge in [-0.3, -0.25) is 0 Å². The lowest BCUT2D eigenvalue weighted by atomic mass is 10.2. The van der Waals surface area contributed by atoms with E-state index < -0.39 is 12.1 Å². The van der Waals surface area contributed by atoms with Crippen LogP contribution in [0.4, 0.5) is 18.9 Å². The fraction of sp³-hybridized carbons (Fsp3) is 0.154. The van der Waals surface area contributed by atoms with Gasteiger partial charge in [0, 0.05) is 6.07 Å². The summed E-state index contributed by atoms with van der Waals surface area (Å²) in [6, 6.07) is 6.99. The molecule has 0 bridgehead atoms. The van der Waals surface area contributed by atoms with E-state index in [0.717, 1.165) is 6.07 Å². The third-order valence-corrected chi connectivity index (χ3v) is 2.42. The van der Waals surface area contributed by atoms with Gasteiger partial charge in [0.1, 0.15) is 0 Å². The molecule has 2 rings (SSSR count). The Labute approximate surface area is 113 Å². The second-order valence-corrected chi connectivity index (χ2v) is 3.98. The summed E-state index contributed by atoms with van der Waals surface area (Å²) < 4.78 is 46.0. The van der Waals surface area contributed by atoms with Crippen molar-refractivity contribution in [2.75, 3.05) is 5.73 Å². The minimum Gasteiger partial charge on any atom is -0.435 e. The summed E-state index contributed by atoms with van der Waals surface area (Å²) in [5, 5.41) is 0. The van der Waals surface area contributed by atoms with Gasteiger partial charge in [0.05, 0.1) is 11.9 Å². The zero-order chi connectivity index (χ0) is 14.8. The third kappa shape index (κ3) is 3.53. The van der Waals surface area contributed by atoms with Crippen LogP contribution in [0.5, 0.6) is 17.4 Å². The first-order chi connectivity index (χ1) is 9.35. The number of aryl methyl sites for hydroxylation is 1. The molecule has 1 heterocycles. The summed E-state index contributed by atoms with van der Waals surface area (Å²) in [4.78, 5) is 3.89. The Morgan fingerprint density at radius 2 is 1.80 bits per heavy atom. The quantitative estimate of drug-likeness (QED) is 0.934. The van der Waals surface area contributed by atoms with Crippen molar-refractivity contribution < 1.29 is 22.6 Å². The number of rotatable bonds is 3. The largest absolute Gasteiger partial charge is 0.573 e. The summed E-state index contributed by atoms with van der Waals surface area (Å²) in [6.45, 7) is 1.74. The van der Waals surface area contributed by atoms with Crippen LogP contribution in [0.3, 0.4) is 0 Å². The van der Waals surface area contributed by atoms with E-state index in [2.05, 4.69) is 9.72 Å². The van der Waals surface area contributed by atoms with E-state index in [1.165, 1.54) is 30.5 Å². The van der Waals surface area contributed by atoms with Crippen molar-refractivity contribution in [3.8, 4) is 17.4 Å². The number of anilines is 1. The molecule has 0 saturated heterocycles. The lowest BCUT2D eigenvalue weighted by Crippen LogP contribution is -2.17. The maximum atomic E-state index is 12.3. The Bertz CT molecular complexity index is 615. The van der Waals surface area contributed by atoms with Gasteiger partial charge < -0.3 is 15.2 Å². The van der Waals surface area contributed by atoms with Crippen molar-refractivity contribution in [2.24, 2.45) is 0 Å². The number of alkyl halides is 3. The molecule has 2 aromatic rings. The molecule has 0 unspecified atom stereocenters. The number of ether oxygens (including phenoxy) is 2. The number of hydrogen-bond acceptors (Lipinski definition) is 4. The molecular weight excluding hydrogens is 273 g/mol. The molecule has 0 saturated carbocycles. The number of nitrogens with two attached hydrogens (primary N) is 1. The highest BCUT2D eigenvalue weighted by atomic mass is 19.4. The van der Waals surface area contributed by atoms with Crippen molar-refractivity contribution in [3.63, 3.8) is 0 Å². The molecule has 0 radical (unpaired) electrons. The summed E-state index contributed by atoms with van der Waals surface area (Å²) >= 11 is 0. The van der Waals surface area contributed by atoms with Gasteiger partial charge in [-0.1, -0.05) is 12.1 Å². The second-order valence-electron chi connectivity index (χ2n) is 3.98. The topological polar surface area (TPSA) is 57.4 Å². The average Bonchev–Trinajstić information content (AvgIpc) is 2.34. The summed E-state index contributed by atoms with van der Waals surface area (Å²) in [7, 11) is 0. The van der Waals surface area contributed by atoms with Crippen LogP contribution >= 0.6 is 0 Å². The van der Waals surface area contributed by atoms with Crippen LogP contribution in [-0.2, 0) is 0 Å². The molecule has 0 atom stereocenters. The van der Waals surface area contributed by atoms with E-state index in [1.807, 2.05) is 0 Å². The van der Waals surface area contributed by atoms with Crippen molar-refractivity contribution in [1.29, 1.82) is 0 Å². The molecule has 0 aliphatic heterocycles. The smallest absolute Gasteiger partial charge is 0.435 e. The first kappa shape index (κ1) is 14.0. The maximum Gasteiger partial charge on any atom is 0.573 e. The highest BCUT2D eigenvalue weighted by molar-refractivity contribution is 5.47. The zero-order valence-corrected chi connectivity index (χ0v) is 10.4. The number of nitrogen functional groups attached to an aromatic ring is 1. The summed E-state index contributed by atoms with van der Waals surface area (Å²) in [5.41, 5.74) is 6.79. The Kier molecular flexibility index (Phi) is 3.69. The molecule has 0 amide bonds. The van der Waals surface area contributed by atoms with Gasteiger partial charge in [-0.2, -0.15) is 0 Å². The lowest BCUT2D eigenvalue weighted by molar-refractivity contribution is -0.275. The van der Waals surface area contributed by atoms with Crippen molar-refractivity contribution >= 4 is 5.69 Å². The minimum absolute atomic E-state index is 0.0819. The SMILES string of the molecule is Cc1cc(Oc2ccccc2OC(F)(F)F)ncc1N. The first-order valence-corrected chi connectivity index (χ1v) is 5.60. The standard InChI is InChI=1S/C13H11F3N2O2/c1-8-6-12(18-7-9(8)17)19-10-4-2-3-5-11(10)20-13(14,15)16/h2-7H,17H2,1H3. The number of halogens is 3. The molecule has 106 valence electrons. The second kappa shape index (κ2) is 5.28. The van der Waals surface area contributed by atoms with Crippen LogP contribution in [0.25, 0.3) is 0 Å². The van der Waals surface area contributed by atoms with Crippen molar-refractivity contribution in [2.45, 2.75) is 13.3 Å². The van der Waals surface area contributed by atoms with Crippen LogP contribution in [0.15, 0.2) is 36.5 Å². The molecule has 4 nitrogen and oxygen atoms in total. The molecule has 7 heteroatoms. The van der Waals surface area contributed by atoms with Gasteiger partial charge in [-0.15, -0.1) is 13.2 Å². The number of para-hydroxylation sites is 2. The van der Waals surface area contributed by atoms with E-state index >= 15 is 0 Å². The normalized spacial score (nSPS) is 11.2. The predicted molar refractivity (Wildman–Crippen MR) is 66.6 cm³/mol. The molecule has 1 aromatic heterocycles. The Hall–Kier alpha value is -2.44. The highest BCUT2D eigenvalue weighted by Crippen LogP contribution is 2.34. The van der Waals surface area contributed by atoms with Gasteiger partial charge in [-0.05, 0) is 24.6 Å². The lowest BCUT2D eigenvalue weighted by Gasteiger charge is -2.13. The zero-order valence-electron chi connectivity index (χ0n) is 10.4. The minimum atomic E-state index is -4.79. The van der Waals surface area contributed by atoms with E-state index in [9.17, 15) is 13.2 Å². The maximum absolute atomic E-state index is 12.3. The fourth-order valence-electron chi connectivity index (χ4n) is 1.45. The average molecular weight is 284 g/mol. The fourth-order valence-corrected chi connectivity index (χ4v) is 1.45. The predicted octanol–water partition coefficient (Wildman–Crippen LogP) is 3.66. The van der Waals surface area contributed by atoms with E-state index in [-0.39, 0.29) is 11.6 Å². The molecule has 0 spiro atoms. The van der Waals surface area contributed by atoms with E-state index in [0.29, 0.717) is 11.3 Å². The number of benzene rings is 1. The molecule has 20 heavy (non-hydrogen) atoms. The molecule has 1 aromatic carbocycles. The van der Waals surface area contributed by atoms with Crippen LogP contribution < -0.4 is 15.2 Å². The van der Waals surface area contributed by atoms with Gasteiger partial charge in [0.25, 0.3) is 0 Å².